The van der Waals surface area contributed by atoms with Crippen LogP contribution in [0.25, 0.3) is 5.69 Å². The second-order valence-electron chi connectivity index (χ2n) is 2.86. The number of anilines is 1. The van der Waals surface area contributed by atoms with Gasteiger partial charge in [-0.15, -0.1) is 0 Å². The third kappa shape index (κ3) is 1.31. The van der Waals surface area contributed by atoms with Crippen molar-refractivity contribution in [3.05, 3.63) is 28.8 Å². The van der Waals surface area contributed by atoms with Crippen LogP contribution in [0.5, 0.6) is 0 Å². The molecule has 6 heteroatoms. The first-order chi connectivity index (χ1) is 6.70. The Hall–Kier alpha value is -1.62. The summed E-state index contributed by atoms with van der Waals surface area (Å²) in [6, 6.07) is 5.59. The summed E-state index contributed by atoms with van der Waals surface area (Å²) in [5.74, 6) is 0.220. The molecule has 1 aromatic heterocycles. The Morgan fingerprint density at radius 2 is 2.21 bits per heavy atom. The zero-order valence-corrected chi connectivity index (χ0v) is 8.23. The molecule has 1 aromatic carbocycles. The molecule has 14 heavy (non-hydrogen) atoms. The average Bonchev–Trinajstić information content (AvgIpc) is 2.57. The van der Waals surface area contributed by atoms with Gasteiger partial charge < -0.3 is 5.73 Å². The third-order valence-electron chi connectivity index (χ3n) is 1.89. The van der Waals surface area contributed by atoms with Gasteiger partial charge in [-0.05, 0) is 29.0 Å². The Balaban J connectivity index is 2.63. The lowest BCUT2D eigenvalue weighted by Gasteiger charge is -2.05. The van der Waals surface area contributed by atoms with Crippen molar-refractivity contribution in [2.24, 2.45) is 0 Å². The first kappa shape index (κ1) is 8.96. The van der Waals surface area contributed by atoms with E-state index in [9.17, 15) is 0 Å². The van der Waals surface area contributed by atoms with Crippen molar-refractivity contribution in [1.29, 1.82) is 0 Å². The highest BCUT2D eigenvalue weighted by molar-refractivity contribution is 6.33. The minimum atomic E-state index is 0.220. The maximum Gasteiger partial charge on any atom is 0.245 e. The number of nitrogens with two attached hydrogens (primary N) is 1. The summed E-state index contributed by atoms with van der Waals surface area (Å²) >= 11 is 6.08. The molecule has 2 N–H and O–H groups in total. The van der Waals surface area contributed by atoms with Gasteiger partial charge in [-0.25, -0.2) is 0 Å². The molecular formula is C8H8ClN5. The molecule has 2 rings (SSSR count). The quantitative estimate of drug-likeness (QED) is 0.767. The molecule has 2 aromatic rings. The van der Waals surface area contributed by atoms with Gasteiger partial charge in [0.2, 0.25) is 5.95 Å². The zero-order chi connectivity index (χ0) is 10.1. The highest BCUT2D eigenvalue weighted by Crippen LogP contribution is 2.23. The fourth-order valence-corrected chi connectivity index (χ4v) is 1.37. The largest absolute Gasteiger partial charge is 0.366 e. The molecule has 0 amide bonds. The molecule has 0 saturated carbocycles. The fourth-order valence-electron chi connectivity index (χ4n) is 1.16. The van der Waals surface area contributed by atoms with Crippen molar-refractivity contribution >= 4 is 17.5 Å². The lowest BCUT2D eigenvalue weighted by Crippen LogP contribution is -2.03. The van der Waals surface area contributed by atoms with Gasteiger partial charge in [0.1, 0.15) is 0 Å². The van der Waals surface area contributed by atoms with Crippen LogP contribution in [0, 0.1) is 6.92 Å². The van der Waals surface area contributed by atoms with Crippen LogP contribution in [-0.4, -0.2) is 20.2 Å². The number of tetrazole rings is 1. The summed E-state index contributed by atoms with van der Waals surface area (Å²) in [6.07, 6.45) is 0. The van der Waals surface area contributed by atoms with E-state index < -0.39 is 0 Å². The summed E-state index contributed by atoms with van der Waals surface area (Å²) in [7, 11) is 0. The number of rotatable bonds is 1. The van der Waals surface area contributed by atoms with Gasteiger partial charge in [0, 0.05) is 0 Å². The van der Waals surface area contributed by atoms with Gasteiger partial charge in [0.25, 0.3) is 0 Å². The lowest BCUT2D eigenvalue weighted by molar-refractivity contribution is 0.791. The number of nitrogen functional groups attached to an aromatic ring is 1. The zero-order valence-electron chi connectivity index (χ0n) is 7.48. The fraction of sp³-hybridized carbons (Fsp3) is 0.125. The van der Waals surface area contributed by atoms with E-state index >= 15 is 0 Å². The highest BCUT2D eigenvalue weighted by atomic mass is 35.5. The Morgan fingerprint density at radius 1 is 1.43 bits per heavy atom. The average molecular weight is 210 g/mol. The number of aromatic nitrogens is 4. The predicted octanol–water partition coefficient (Wildman–Crippen LogP) is 1.21. The molecule has 0 atom stereocenters. The summed E-state index contributed by atoms with van der Waals surface area (Å²) in [4.78, 5) is 0. The van der Waals surface area contributed by atoms with Crippen LogP contribution in [0.1, 0.15) is 5.56 Å². The van der Waals surface area contributed by atoms with Gasteiger partial charge in [0.15, 0.2) is 0 Å². The number of hydrogen-bond donors (Lipinski definition) is 1. The van der Waals surface area contributed by atoms with Crippen molar-refractivity contribution in [2.45, 2.75) is 6.92 Å². The van der Waals surface area contributed by atoms with Gasteiger partial charge in [-0.2, -0.15) is 4.68 Å². The van der Waals surface area contributed by atoms with Crippen LogP contribution >= 0.6 is 11.6 Å². The summed E-state index contributed by atoms with van der Waals surface area (Å²) in [5, 5.41) is 11.4. The number of hydrogen-bond acceptors (Lipinski definition) is 4. The third-order valence-corrected chi connectivity index (χ3v) is 2.38. The van der Waals surface area contributed by atoms with Gasteiger partial charge in [-0.1, -0.05) is 28.8 Å². The molecule has 72 valence electrons. The van der Waals surface area contributed by atoms with Crippen LogP contribution < -0.4 is 5.73 Å². The minimum absolute atomic E-state index is 0.220. The maximum absolute atomic E-state index is 6.08. The highest BCUT2D eigenvalue weighted by Gasteiger charge is 2.09. The maximum atomic E-state index is 6.08. The van der Waals surface area contributed by atoms with E-state index in [1.54, 1.807) is 0 Å². The smallest absolute Gasteiger partial charge is 0.245 e. The van der Waals surface area contributed by atoms with Crippen LogP contribution in [0.2, 0.25) is 5.02 Å². The number of aryl methyl sites for hydroxylation is 1. The Labute approximate surface area is 85.5 Å². The molecule has 0 fully saturated rings. The van der Waals surface area contributed by atoms with E-state index in [-0.39, 0.29) is 5.95 Å². The van der Waals surface area contributed by atoms with Crippen molar-refractivity contribution in [3.63, 3.8) is 0 Å². The first-order valence-corrected chi connectivity index (χ1v) is 4.37. The van der Waals surface area contributed by atoms with E-state index in [0.29, 0.717) is 10.7 Å². The molecule has 0 radical (unpaired) electrons. The standard InChI is InChI=1S/C8H8ClN5/c1-5-3-2-4-6(7(5)9)14-8(10)11-12-13-14/h2-4H,1H3,(H2,10,11,13). The van der Waals surface area contributed by atoms with Crippen LogP contribution in [-0.2, 0) is 0 Å². The Kier molecular flexibility index (Phi) is 2.09. The van der Waals surface area contributed by atoms with E-state index in [0.717, 1.165) is 5.56 Å². The van der Waals surface area contributed by atoms with Crippen molar-refractivity contribution in [1.82, 2.24) is 20.2 Å². The topological polar surface area (TPSA) is 69.6 Å². The molecule has 0 saturated heterocycles. The minimum Gasteiger partial charge on any atom is -0.366 e. The monoisotopic (exact) mass is 209 g/mol. The second-order valence-corrected chi connectivity index (χ2v) is 3.23. The van der Waals surface area contributed by atoms with Crippen LogP contribution in [0.15, 0.2) is 18.2 Å². The normalized spacial score (nSPS) is 10.4. The SMILES string of the molecule is Cc1cccc(-n2nnnc2N)c1Cl. The summed E-state index contributed by atoms with van der Waals surface area (Å²) in [6.45, 7) is 1.91. The van der Waals surface area contributed by atoms with Crippen LogP contribution in [0.4, 0.5) is 5.95 Å². The molecule has 0 aliphatic rings. The van der Waals surface area contributed by atoms with E-state index in [2.05, 4.69) is 15.5 Å². The molecular weight excluding hydrogens is 202 g/mol. The Morgan fingerprint density at radius 3 is 2.86 bits per heavy atom. The molecule has 5 nitrogen and oxygen atoms in total. The molecule has 0 aliphatic heterocycles. The molecule has 0 aliphatic carbocycles. The van der Waals surface area contributed by atoms with Gasteiger partial charge >= 0.3 is 0 Å². The lowest BCUT2D eigenvalue weighted by atomic mass is 10.2. The van der Waals surface area contributed by atoms with E-state index in [1.165, 1.54) is 4.68 Å². The number of benzene rings is 1. The molecule has 0 unspecified atom stereocenters. The number of nitrogens with zero attached hydrogens (tertiary/aromatic N) is 4. The van der Waals surface area contributed by atoms with Crippen molar-refractivity contribution < 1.29 is 0 Å². The molecule has 1 heterocycles. The molecule has 0 spiro atoms. The second kappa shape index (κ2) is 3.26. The van der Waals surface area contributed by atoms with Crippen LogP contribution in [0.3, 0.4) is 0 Å². The van der Waals surface area contributed by atoms with E-state index in [4.69, 9.17) is 17.3 Å². The first-order valence-electron chi connectivity index (χ1n) is 3.99. The number of halogens is 1. The van der Waals surface area contributed by atoms with E-state index in [1.807, 2.05) is 25.1 Å². The van der Waals surface area contributed by atoms with Gasteiger partial charge in [0.05, 0.1) is 10.7 Å². The van der Waals surface area contributed by atoms with Gasteiger partial charge in [-0.3, -0.25) is 0 Å². The predicted molar refractivity (Wildman–Crippen MR) is 53.3 cm³/mol. The summed E-state index contributed by atoms with van der Waals surface area (Å²) < 4.78 is 1.40. The van der Waals surface area contributed by atoms with Crippen molar-refractivity contribution in [3.8, 4) is 5.69 Å². The molecule has 0 bridgehead atoms. The van der Waals surface area contributed by atoms with Crippen molar-refractivity contribution in [2.75, 3.05) is 5.73 Å². The summed E-state index contributed by atoms with van der Waals surface area (Å²) in [5.41, 5.74) is 7.21. The Bertz CT molecular complexity index is 465.